The van der Waals surface area contributed by atoms with E-state index in [-0.39, 0.29) is 22.9 Å². The molecule has 0 saturated carbocycles. The van der Waals surface area contributed by atoms with Gasteiger partial charge < -0.3 is 16.0 Å². The van der Waals surface area contributed by atoms with E-state index in [1.54, 1.807) is 74.1 Å². The maximum absolute atomic E-state index is 13.4. The molecular formula is C34H31N5O4S2. The minimum Gasteiger partial charge on any atom is -0.321 e. The summed E-state index contributed by atoms with van der Waals surface area (Å²) in [5.41, 5.74) is 2.25. The highest BCUT2D eigenvalue weighted by Gasteiger charge is 2.22. The van der Waals surface area contributed by atoms with Crippen LogP contribution in [0.2, 0.25) is 0 Å². The summed E-state index contributed by atoms with van der Waals surface area (Å²) in [5, 5.41) is 9.73. The van der Waals surface area contributed by atoms with Crippen LogP contribution in [-0.4, -0.2) is 32.3 Å². The van der Waals surface area contributed by atoms with Crippen molar-refractivity contribution in [2.45, 2.75) is 24.0 Å². The van der Waals surface area contributed by atoms with Gasteiger partial charge in [-0.1, -0.05) is 48.5 Å². The molecular weight excluding hydrogens is 607 g/mol. The Balaban J connectivity index is 1.28. The van der Waals surface area contributed by atoms with E-state index < -0.39 is 17.1 Å². The average Bonchev–Trinajstić information content (AvgIpc) is 3.63. The highest BCUT2D eigenvalue weighted by Crippen LogP contribution is 2.27. The summed E-state index contributed by atoms with van der Waals surface area (Å²) in [6.07, 6.45) is 1.63. The van der Waals surface area contributed by atoms with Crippen molar-refractivity contribution in [3.63, 3.8) is 0 Å². The Morgan fingerprint density at radius 1 is 0.889 bits per heavy atom. The molecule has 228 valence electrons. The summed E-state index contributed by atoms with van der Waals surface area (Å²) >= 11 is 2.73. The fourth-order valence-electron chi connectivity index (χ4n) is 4.50. The largest absolute Gasteiger partial charge is 0.321 e. The molecule has 5 rings (SSSR count). The number of hydrogen-bond acceptors (Lipinski definition) is 6. The van der Waals surface area contributed by atoms with Crippen molar-refractivity contribution in [1.82, 2.24) is 14.7 Å². The van der Waals surface area contributed by atoms with Crippen molar-refractivity contribution >= 4 is 58.3 Å². The van der Waals surface area contributed by atoms with E-state index in [1.807, 2.05) is 60.0 Å². The Bertz CT molecular complexity index is 1910. The molecule has 0 aliphatic carbocycles. The minimum atomic E-state index is -0.556. The number of nitrogens with zero attached hydrogens (tertiary/aromatic N) is 2. The number of carbonyl (C=O) groups is 3. The van der Waals surface area contributed by atoms with Crippen molar-refractivity contribution in [1.29, 1.82) is 0 Å². The average molecular weight is 638 g/mol. The molecule has 5 aromatic rings. The molecule has 0 aliphatic rings. The molecule has 2 heterocycles. The van der Waals surface area contributed by atoms with Gasteiger partial charge >= 0.3 is 0 Å². The van der Waals surface area contributed by atoms with Gasteiger partial charge in [0.05, 0.1) is 16.6 Å². The lowest BCUT2D eigenvalue weighted by atomic mass is 10.2. The standard InChI is InChI=1S/C34H31N5O4S2/c1-22-30(34(43)39(38(22)3)26-15-8-5-9-16-26)37-31(40)23(2)45-28-17-10-14-25(20-28)35-33(42)29(21-27-18-11-19-44-27)36-32(41)24-12-6-4-7-13-24/h4-21,23H,1-3H3,(H,35,42)(H,36,41)(H,37,40)/b29-21-. The molecule has 1 unspecified atom stereocenters. The van der Waals surface area contributed by atoms with E-state index in [0.717, 1.165) is 9.77 Å². The number of nitrogens with one attached hydrogen (secondary N) is 3. The van der Waals surface area contributed by atoms with Crippen molar-refractivity contribution in [2.24, 2.45) is 7.05 Å². The summed E-state index contributed by atoms with van der Waals surface area (Å²) in [4.78, 5) is 54.2. The quantitative estimate of drug-likeness (QED) is 0.127. The molecule has 0 saturated heterocycles. The molecule has 0 fully saturated rings. The monoisotopic (exact) mass is 637 g/mol. The smallest absolute Gasteiger partial charge is 0.295 e. The van der Waals surface area contributed by atoms with Crippen LogP contribution >= 0.6 is 23.1 Å². The van der Waals surface area contributed by atoms with Crippen molar-refractivity contribution < 1.29 is 14.4 Å². The predicted molar refractivity (Wildman–Crippen MR) is 181 cm³/mol. The number of anilines is 2. The lowest BCUT2D eigenvalue weighted by Crippen LogP contribution is -2.30. The summed E-state index contributed by atoms with van der Waals surface area (Å²) in [5.74, 6) is -1.22. The van der Waals surface area contributed by atoms with Gasteiger partial charge in [0.25, 0.3) is 17.4 Å². The van der Waals surface area contributed by atoms with E-state index in [9.17, 15) is 19.2 Å². The van der Waals surface area contributed by atoms with Crippen LogP contribution in [0.1, 0.15) is 27.9 Å². The number of benzene rings is 3. The molecule has 0 bridgehead atoms. The van der Waals surface area contributed by atoms with E-state index in [2.05, 4.69) is 16.0 Å². The molecule has 1 atom stereocenters. The predicted octanol–water partition coefficient (Wildman–Crippen LogP) is 6.07. The number of thioether (sulfide) groups is 1. The van der Waals surface area contributed by atoms with E-state index in [0.29, 0.717) is 22.6 Å². The Morgan fingerprint density at radius 2 is 1.60 bits per heavy atom. The number of hydrogen-bond donors (Lipinski definition) is 3. The second-order valence-electron chi connectivity index (χ2n) is 10.1. The number of para-hydroxylation sites is 1. The van der Waals surface area contributed by atoms with Crippen LogP contribution in [-0.2, 0) is 16.6 Å². The van der Waals surface area contributed by atoms with Gasteiger partial charge in [0.2, 0.25) is 5.91 Å². The zero-order valence-electron chi connectivity index (χ0n) is 24.8. The van der Waals surface area contributed by atoms with Crippen LogP contribution in [0.15, 0.2) is 118 Å². The maximum Gasteiger partial charge on any atom is 0.295 e. The van der Waals surface area contributed by atoms with Gasteiger partial charge in [-0.15, -0.1) is 23.1 Å². The van der Waals surface area contributed by atoms with Crippen LogP contribution in [0.3, 0.4) is 0 Å². The van der Waals surface area contributed by atoms with Gasteiger partial charge in [0.1, 0.15) is 11.4 Å². The van der Waals surface area contributed by atoms with E-state index in [4.69, 9.17) is 0 Å². The lowest BCUT2D eigenvalue weighted by molar-refractivity contribution is -0.115. The van der Waals surface area contributed by atoms with Gasteiger partial charge in [0, 0.05) is 28.1 Å². The first-order valence-corrected chi connectivity index (χ1v) is 15.8. The first-order chi connectivity index (χ1) is 21.7. The lowest BCUT2D eigenvalue weighted by Gasteiger charge is -2.14. The Hall–Kier alpha value is -5.13. The van der Waals surface area contributed by atoms with E-state index >= 15 is 0 Å². The Morgan fingerprint density at radius 3 is 2.29 bits per heavy atom. The summed E-state index contributed by atoms with van der Waals surface area (Å²) in [6, 6.07) is 28.7. The van der Waals surface area contributed by atoms with Crippen molar-refractivity contribution in [3.8, 4) is 5.69 Å². The van der Waals surface area contributed by atoms with Crippen LogP contribution in [0, 0.1) is 6.92 Å². The summed E-state index contributed by atoms with van der Waals surface area (Å²) in [6.45, 7) is 3.53. The Labute approximate surface area is 268 Å². The Kier molecular flexibility index (Phi) is 9.81. The first-order valence-electron chi connectivity index (χ1n) is 14.1. The fourth-order valence-corrected chi connectivity index (χ4v) is 6.08. The molecule has 0 radical (unpaired) electrons. The number of aromatic nitrogens is 2. The third kappa shape index (κ3) is 7.51. The third-order valence-electron chi connectivity index (χ3n) is 6.93. The van der Waals surface area contributed by atoms with Gasteiger partial charge in [-0.2, -0.15) is 0 Å². The molecule has 0 aliphatic heterocycles. The summed E-state index contributed by atoms with van der Waals surface area (Å²) in [7, 11) is 1.77. The van der Waals surface area contributed by atoms with Gasteiger partial charge in [-0.05, 0) is 73.8 Å². The number of carbonyl (C=O) groups excluding carboxylic acids is 3. The molecule has 2 aromatic heterocycles. The van der Waals surface area contributed by atoms with Gasteiger partial charge in [-0.25, -0.2) is 4.68 Å². The molecule has 0 spiro atoms. The van der Waals surface area contributed by atoms with Gasteiger partial charge in [-0.3, -0.25) is 23.9 Å². The number of rotatable bonds is 10. The zero-order chi connectivity index (χ0) is 31.9. The second-order valence-corrected chi connectivity index (χ2v) is 12.5. The number of thiophene rings is 1. The topological polar surface area (TPSA) is 114 Å². The molecule has 45 heavy (non-hydrogen) atoms. The molecule has 9 nitrogen and oxygen atoms in total. The molecule has 3 aromatic carbocycles. The number of amides is 3. The highest BCUT2D eigenvalue weighted by molar-refractivity contribution is 8.00. The van der Waals surface area contributed by atoms with Crippen molar-refractivity contribution in [2.75, 3.05) is 10.6 Å². The van der Waals surface area contributed by atoms with Crippen LogP contribution in [0.4, 0.5) is 11.4 Å². The van der Waals surface area contributed by atoms with Crippen molar-refractivity contribution in [3.05, 3.63) is 135 Å². The van der Waals surface area contributed by atoms with Crippen LogP contribution < -0.4 is 21.5 Å². The van der Waals surface area contributed by atoms with Gasteiger partial charge in [0.15, 0.2) is 0 Å². The second kappa shape index (κ2) is 14.1. The van der Waals surface area contributed by atoms with E-state index in [1.165, 1.54) is 27.8 Å². The third-order valence-corrected chi connectivity index (χ3v) is 8.85. The molecule has 3 N–H and O–H groups in total. The SMILES string of the molecule is Cc1c(NC(=O)C(C)Sc2cccc(NC(=O)/C(=C/c3cccs3)NC(=O)c3ccccc3)c2)c(=O)n(-c2ccccc2)n1C. The minimum absolute atomic E-state index is 0.0940. The zero-order valence-corrected chi connectivity index (χ0v) is 26.4. The van der Waals surface area contributed by atoms with Crippen LogP contribution in [0.25, 0.3) is 11.8 Å². The fraction of sp³-hybridized carbons (Fsp3) is 0.118. The molecule has 3 amide bonds. The first kappa shape index (κ1) is 31.3. The normalized spacial score (nSPS) is 11.9. The van der Waals surface area contributed by atoms with Crippen LogP contribution in [0.5, 0.6) is 0 Å². The highest BCUT2D eigenvalue weighted by atomic mass is 32.2. The molecule has 11 heteroatoms. The summed E-state index contributed by atoms with van der Waals surface area (Å²) < 4.78 is 3.22. The maximum atomic E-state index is 13.4.